The first kappa shape index (κ1) is 46.5. The second kappa shape index (κ2) is 35.4. The van der Waals surface area contributed by atoms with Crippen LogP contribution in [0.3, 0.4) is 0 Å². The van der Waals surface area contributed by atoms with E-state index < -0.39 is 7.82 Å². The zero-order valence-corrected chi connectivity index (χ0v) is 33.4. The Morgan fingerprint density at radius 1 is 0.404 bits per heavy atom. The summed E-state index contributed by atoms with van der Waals surface area (Å²) in [6.45, 7) is 6.58. The summed E-state index contributed by atoms with van der Waals surface area (Å²) >= 11 is 0. The number of phosphoric ester groups is 1. The summed E-state index contributed by atoms with van der Waals surface area (Å²) in [5.41, 5.74) is 0. The zero-order chi connectivity index (χ0) is 34.6. The lowest BCUT2D eigenvalue weighted by molar-refractivity contribution is -0.870. The maximum atomic E-state index is 13.3. The summed E-state index contributed by atoms with van der Waals surface area (Å²) in [5.74, 6) is 0. The summed E-state index contributed by atoms with van der Waals surface area (Å²) in [5, 5.41) is 0. The van der Waals surface area contributed by atoms with Gasteiger partial charge in [0.15, 0.2) is 0 Å². The molecule has 0 bridgehead atoms. The Hall–Kier alpha value is -0.450. The van der Waals surface area contributed by atoms with E-state index in [9.17, 15) is 4.57 Å². The molecule has 0 N–H and O–H groups in total. The lowest BCUT2D eigenvalue weighted by Gasteiger charge is -2.25. The molecule has 0 spiro atoms. The monoisotopic (exact) mass is 685 g/mol. The van der Waals surface area contributed by atoms with Crippen molar-refractivity contribution in [3.05, 3.63) is 24.3 Å². The predicted octanol–water partition coefficient (Wildman–Crippen LogP) is 13.9. The van der Waals surface area contributed by atoms with Crippen molar-refractivity contribution in [1.82, 2.24) is 0 Å². The summed E-state index contributed by atoms with van der Waals surface area (Å²) in [6.07, 6.45) is 45.0. The van der Waals surface area contributed by atoms with Crippen LogP contribution in [0.4, 0.5) is 0 Å². The van der Waals surface area contributed by atoms with E-state index >= 15 is 0 Å². The number of unbranched alkanes of at least 4 members (excludes halogenated alkanes) is 24. The quantitative estimate of drug-likeness (QED) is 0.0281. The van der Waals surface area contributed by atoms with Gasteiger partial charge in [0, 0.05) is 0 Å². The van der Waals surface area contributed by atoms with Gasteiger partial charge < -0.3 is 4.48 Å². The van der Waals surface area contributed by atoms with Crippen LogP contribution in [0.2, 0.25) is 0 Å². The maximum absolute atomic E-state index is 13.3. The largest absolute Gasteiger partial charge is 0.474 e. The van der Waals surface area contributed by atoms with Crippen LogP contribution in [0.1, 0.15) is 194 Å². The van der Waals surface area contributed by atoms with Gasteiger partial charge in [-0.05, 0) is 64.2 Å². The Morgan fingerprint density at radius 3 is 1.00 bits per heavy atom. The molecule has 0 aromatic carbocycles. The highest BCUT2D eigenvalue weighted by atomic mass is 31.2. The highest BCUT2D eigenvalue weighted by molar-refractivity contribution is 7.48. The molecule has 47 heavy (non-hydrogen) atoms. The smallest absolute Gasteiger partial charge is 0.329 e. The third kappa shape index (κ3) is 38.2. The average molecular weight is 685 g/mol. The second-order valence-corrected chi connectivity index (χ2v) is 16.5. The minimum Gasteiger partial charge on any atom is -0.329 e. The van der Waals surface area contributed by atoms with Crippen molar-refractivity contribution in [3.63, 3.8) is 0 Å². The van der Waals surface area contributed by atoms with Crippen molar-refractivity contribution in [2.75, 3.05) is 47.5 Å². The van der Waals surface area contributed by atoms with Crippen molar-refractivity contribution in [1.29, 1.82) is 0 Å². The fourth-order valence-electron chi connectivity index (χ4n) is 5.59. The lowest BCUT2D eigenvalue weighted by atomic mass is 10.1. The van der Waals surface area contributed by atoms with Crippen molar-refractivity contribution >= 4 is 7.82 Å². The fourth-order valence-corrected chi connectivity index (χ4v) is 6.82. The normalized spacial score (nSPS) is 12.7. The van der Waals surface area contributed by atoms with Gasteiger partial charge in [0.25, 0.3) is 0 Å². The number of quaternary nitrogens is 1. The Labute approximate surface area is 295 Å². The van der Waals surface area contributed by atoms with E-state index in [-0.39, 0.29) is 0 Å². The predicted molar refractivity (Wildman–Crippen MR) is 207 cm³/mol. The molecule has 0 aliphatic rings. The number of hydrogen-bond donors (Lipinski definition) is 0. The van der Waals surface area contributed by atoms with Crippen LogP contribution in [0.25, 0.3) is 0 Å². The van der Waals surface area contributed by atoms with Gasteiger partial charge in [0.05, 0.1) is 34.4 Å². The summed E-state index contributed by atoms with van der Waals surface area (Å²) in [6, 6.07) is 0. The highest BCUT2D eigenvalue weighted by Crippen LogP contribution is 2.49. The first-order valence-electron chi connectivity index (χ1n) is 20.5. The average Bonchev–Trinajstić information content (AvgIpc) is 3.03. The molecular weight excluding hydrogens is 601 g/mol. The van der Waals surface area contributed by atoms with Gasteiger partial charge >= 0.3 is 7.82 Å². The summed E-state index contributed by atoms with van der Waals surface area (Å²) < 4.78 is 31.4. The molecule has 0 heterocycles. The molecule has 0 fully saturated rings. The van der Waals surface area contributed by atoms with E-state index in [0.29, 0.717) is 19.8 Å². The van der Waals surface area contributed by atoms with E-state index in [2.05, 4.69) is 59.3 Å². The molecule has 0 aromatic heterocycles. The third-order valence-corrected chi connectivity index (χ3v) is 10.3. The molecule has 0 atom stereocenters. The maximum Gasteiger partial charge on any atom is 0.474 e. The van der Waals surface area contributed by atoms with Gasteiger partial charge in [-0.2, -0.15) is 0 Å². The van der Waals surface area contributed by atoms with E-state index in [1.807, 2.05) is 0 Å². The van der Waals surface area contributed by atoms with Crippen LogP contribution in [-0.4, -0.2) is 52.0 Å². The number of nitrogens with zero attached hydrogens (tertiary/aromatic N) is 1. The van der Waals surface area contributed by atoms with Gasteiger partial charge in [-0.3, -0.25) is 13.6 Å². The molecule has 6 heteroatoms. The number of phosphoric acid groups is 1. The van der Waals surface area contributed by atoms with Crippen LogP contribution < -0.4 is 0 Å². The van der Waals surface area contributed by atoms with Crippen LogP contribution in [0.5, 0.6) is 0 Å². The Balaban J connectivity index is 3.91. The van der Waals surface area contributed by atoms with Crippen LogP contribution in [0.15, 0.2) is 24.3 Å². The Bertz CT molecular complexity index is 685. The van der Waals surface area contributed by atoms with Crippen molar-refractivity contribution in [3.8, 4) is 0 Å². The van der Waals surface area contributed by atoms with Gasteiger partial charge in [0.2, 0.25) is 0 Å². The van der Waals surface area contributed by atoms with Crippen LogP contribution >= 0.6 is 7.82 Å². The minimum atomic E-state index is -3.51. The second-order valence-electron chi connectivity index (χ2n) is 14.8. The molecule has 280 valence electrons. The molecule has 0 saturated heterocycles. The molecule has 0 aromatic rings. The molecular formula is C41H83NO4P+. The van der Waals surface area contributed by atoms with Crippen LogP contribution in [-0.2, 0) is 18.1 Å². The minimum absolute atomic E-state index is 0.377. The number of hydrogen-bond acceptors (Lipinski definition) is 4. The first-order chi connectivity index (χ1) is 22.8. The molecule has 0 unspecified atom stereocenters. The Kier molecular flexibility index (Phi) is 35.0. The van der Waals surface area contributed by atoms with E-state index in [0.717, 1.165) is 36.7 Å². The van der Waals surface area contributed by atoms with E-state index in [1.54, 1.807) is 0 Å². The van der Waals surface area contributed by atoms with Crippen molar-refractivity contribution in [2.45, 2.75) is 194 Å². The van der Waals surface area contributed by atoms with Crippen LogP contribution in [0, 0.1) is 0 Å². The number of allylic oxidation sites excluding steroid dienone is 4. The SMILES string of the molecule is CCCCCCCC/C=C\CCCCCCCCOP(=O)(OCCCCCCCC/C=C\CCCCCCCC)OCC[N+](C)(C)C. The molecule has 0 rings (SSSR count). The topological polar surface area (TPSA) is 44.8 Å². The fraction of sp³-hybridized carbons (Fsp3) is 0.902. The van der Waals surface area contributed by atoms with Gasteiger partial charge in [-0.15, -0.1) is 0 Å². The molecule has 0 aliphatic heterocycles. The lowest BCUT2D eigenvalue weighted by Crippen LogP contribution is -2.37. The van der Waals surface area contributed by atoms with Crippen molar-refractivity contribution < 1.29 is 22.6 Å². The number of rotatable bonds is 38. The van der Waals surface area contributed by atoms with Crippen molar-refractivity contribution in [2.24, 2.45) is 0 Å². The van der Waals surface area contributed by atoms with E-state index in [4.69, 9.17) is 13.6 Å². The molecule has 5 nitrogen and oxygen atoms in total. The molecule has 0 radical (unpaired) electrons. The summed E-state index contributed by atoms with van der Waals surface area (Å²) in [7, 11) is 2.81. The molecule has 0 saturated carbocycles. The molecule has 0 amide bonds. The van der Waals surface area contributed by atoms with Gasteiger partial charge in [-0.25, -0.2) is 4.57 Å². The number of likely N-dealkylation sites (N-methyl/N-ethyl adjacent to an activating group) is 1. The highest BCUT2D eigenvalue weighted by Gasteiger charge is 2.27. The third-order valence-electron chi connectivity index (χ3n) is 8.82. The summed E-state index contributed by atoms with van der Waals surface area (Å²) in [4.78, 5) is 0. The first-order valence-corrected chi connectivity index (χ1v) is 21.9. The molecule has 0 aliphatic carbocycles. The zero-order valence-electron chi connectivity index (χ0n) is 32.5. The van der Waals surface area contributed by atoms with E-state index in [1.165, 1.54) is 154 Å². The standard InChI is InChI=1S/C41H83NO4P/c1-6-8-10-12-14-16-18-20-22-24-26-28-30-32-34-36-39-44-47(43,46-41-38-42(3,4)5)45-40-37-35-33-31-29-27-25-23-21-19-17-15-13-11-9-7-2/h20-23H,6-19,24-41H2,1-5H3/q+1/b22-20-,23-21-. The van der Waals surface area contributed by atoms with Gasteiger partial charge in [-0.1, -0.05) is 154 Å². The Morgan fingerprint density at radius 2 is 0.681 bits per heavy atom. The van der Waals surface area contributed by atoms with Gasteiger partial charge in [0.1, 0.15) is 13.2 Å².